The van der Waals surface area contributed by atoms with Crippen molar-refractivity contribution in [2.75, 3.05) is 11.5 Å². The SMILES string of the molecule is CCSc1cccc(CC)c1N. The fourth-order valence-corrected chi connectivity index (χ4v) is 1.95. The van der Waals surface area contributed by atoms with Crippen molar-refractivity contribution in [3.8, 4) is 0 Å². The zero-order valence-electron chi connectivity index (χ0n) is 7.63. The second-order valence-corrected chi connectivity index (χ2v) is 3.92. The summed E-state index contributed by atoms with van der Waals surface area (Å²) >= 11 is 1.81. The highest BCUT2D eigenvalue weighted by atomic mass is 32.2. The lowest BCUT2D eigenvalue weighted by Crippen LogP contribution is -1.94. The van der Waals surface area contributed by atoms with Gasteiger partial charge in [0.15, 0.2) is 0 Å². The first-order valence-electron chi connectivity index (χ1n) is 4.29. The van der Waals surface area contributed by atoms with Crippen molar-refractivity contribution in [2.45, 2.75) is 25.2 Å². The van der Waals surface area contributed by atoms with Crippen molar-refractivity contribution < 1.29 is 0 Å². The molecule has 2 heteroatoms. The van der Waals surface area contributed by atoms with Gasteiger partial charge >= 0.3 is 0 Å². The molecule has 0 spiro atoms. The number of aryl methyl sites for hydroxylation is 1. The Balaban J connectivity index is 2.97. The van der Waals surface area contributed by atoms with Crippen LogP contribution in [0.3, 0.4) is 0 Å². The summed E-state index contributed by atoms with van der Waals surface area (Å²) in [7, 11) is 0. The van der Waals surface area contributed by atoms with E-state index >= 15 is 0 Å². The molecule has 1 aromatic carbocycles. The molecule has 1 aromatic rings. The Morgan fingerprint density at radius 1 is 1.33 bits per heavy atom. The first-order valence-corrected chi connectivity index (χ1v) is 5.28. The molecular weight excluding hydrogens is 166 g/mol. The van der Waals surface area contributed by atoms with Crippen LogP contribution in [0.25, 0.3) is 0 Å². The van der Waals surface area contributed by atoms with E-state index in [1.54, 1.807) is 11.8 Å². The third kappa shape index (κ3) is 1.95. The van der Waals surface area contributed by atoms with Gasteiger partial charge in [-0.15, -0.1) is 11.8 Å². The number of nitrogens with two attached hydrogens (primary N) is 1. The molecule has 0 saturated carbocycles. The van der Waals surface area contributed by atoms with E-state index in [4.69, 9.17) is 5.73 Å². The smallest absolute Gasteiger partial charge is 0.0484 e. The van der Waals surface area contributed by atoms with Crippen LogP contribution in [0, 0.1) is 0 Å². The summed E-state index contributed by atoms with van der Waals surface area (Å²) in [6.07, 6.45) is 1.02. The predicted octanol–water partition coefficient (Wildman–Crippen LogP) is 2.94. The Kier molecular flexibility index (Phi) is 3.48. The number of nitrogen functional groups attached to an aromatic ring is 1. The molecule has 66 valence electrons. The predicted molar refractivity (Wildman–Crippen MR) is 56.6 cm³/mol. The Morgan fingerprint density at radius 2 is 2.08 bits per heavy atom. The van der Waals surface area contributed by atoms with E-state index in [1.807, 2.05) is 0 Å². The van der Waals surface area contributed by atoms with Gasteiger partial charge in [0.05, 0.1) is 0 Å². The average molecular weight is 181 g/mol. The van der Waals surface area contributed by atoms with Crippen LogP contribution in [0.15, 0.2) is 23.1 Å². The molecule has 0 unspecified atom stereocenters. The highest BCUT2D eigenvalue weighted by molar-refractivity contribution is 7.99. The van der Waals surface area contributed by atoms with Crippen LogP contribution in [0.2, 0.25) is 0 Å². The number of hydrogen-bond donors (Lipinski definition) is 1. The Labute approximate surface area is 78.4 Å². The van der Waals surface area contributed by atoms with Gasteiger partial charge in [0.2, 0.25) is 0 Å². The molecule has 12 heavy (non-hydrogen) atoms. The lowest BCUT2D eigenvalue weighted by atomic mass is 10.1. The molecule has 0 bridgehead atoms. The molecule has 0 aromatic heterocycles. The molecule has 0 saturated heterocycles. The minimum Gasteiger partial charge on any atom is -0.398 e. The number of thioether (sulfide) groups is 1. The van der Waals surface area contributed by atoms with Crippen molar-refractivity contribution in [3.05, 3.63) is 23.8 Å². The van der Waals surface area contributed by atoms with Crippen LogP contribution >= 0.6 is 11.8 Å². The first kappa shape index (κ1) is 9.46. The van der Waals surface area contributed by atoms with Gasteiger partial charge in [-0.2, -0.15) is 0 Å². The lowest BCUT2D eigenvalue weighted by molar-refractivity contribution is 1.13. The topological polar surface area (TPSA) is 26.0 Å². The van der Waals surface area contributed by atoms with Crippen LogP contribution in [-0.4, -0.2) is 5.75 Å². The van der Waals surface area contributed by atoms with Crippen molar-refractivity contribution in [2.24, 2.45) is 0 Å². The van der Waals surface area contributed by atoms with E-state index < -0.39 is 0 Å². The van der Waals surface area contributed by atoms with E-state index in [-0.39, 0.29) is 0 Å². The molecular formula is C10H15NS. The van der Waals surface area contributed by atoms with Gasteiger partial charge in [0, 0.05) is 10.6 Å². The van der Waals surface area contributed by atoms with Crippen molar-refractivity contribution in [3.63, 3.8) is 0 Å². The summed E-state index contributed by atoms with van der Waals surface area (Å²) in [5, 5.41) is 0. The molecule has 0 heterocycles. The normalized spacial score (nSPS) is 10.2. The van der Waals surface area contributed by atoms with Gasteiger partial charge in [0.1, 0.15) is 0 Å². The summed E-state index contributed by atoms with van der Waals surface area (Å²) in [5.41, 5.74) is 8.18. The number of benzene rings is 1. The van der Waals surface area contributed by atoms with E-state index in [0.29, 0.717) is 0 Å². The van der Waals surface area contributed by atoms with Gasteiger partial charge in [-0.25, -0.2) is 0 Å². The average Bonchev–Trinajstić information content (AvgIpc) is 2.09. The van der Waals surface area contributed by atoms with Crippen molar-refractivity contribution in [1.29, 1.82) is 0 Å². The summed E-state index contributed by atoms with van der Waals surface area (Å²) in [4.78, 5) is 1.22. The molecule has 0 fully saturated rings. The van der Waals surface area contributed by atoms with Crippen LogP contribution in [0.4, 0.5) is 5.69 Å². The second-order valence-electron chi connectivity index (χ2n) is 2.62. The Morgan fingerprint density at radius 3 is 2.67 bits per heavy atom. The molecule has 1 rings (SSSR count). The molecule has 1 nitrogen and oxygen atoms in total. The van der Waals surface area contributed by atoms with Crippen molar-refractivity contribution in [1.82, 2.24) is 0 Å². The monoisotopic (exact) mass is 181 g/mol. The zero-order chi connectivity index (χ0) is 8.97. The van der Waals surface area contributed by atoms with Crippen LogP contribution in [0.1, 0.15) is 19.4 Å². The summed E-state index contributed by atoms with van der Waals surface area (Å²) in [5.74, 6) is 1.08. The maximum Gasteiger partial charge on any atom is 0.0484 e. The highest BCUT2D eigenvalue weighted by Gasteiger charge is 2.01. The Hall–Kier alpha value is -0.630. The minimum atomic E-state index is 0.965. The maximum absolute atomic E-state index is 5.96. The minimum absolute atomic E-state index is 0.965. The molecule has 0 aliphatic heterocycles. The second kappa shape index (κ2) is 4.41. The number of anilines is 1. The molecule has 0 radical (unpaired) electrons. The van der Waals surface area contributed by atoms with Crippen LogP contribution in [-0.2, 0) is 6.42 Å². The fourth-order valence-electron chi connectivity index (χ4n) is 1.18. The molecule has 2 N–H and O–H groups in total. The summed E-state index contributed by atoms with van der Waals surface area (Å²) in [6.45, 7) is 4.27. The van der Waals surface area contributed by atoms with Gasteiger partial charge in [-0.1, -0.05) is 26.0 Å². The number of para-hydroxylation sites is 1. The van der Waals surface area contributed by atoms with Gasteiger partial charge in [-0.05, 0) is 23.8 Å². The highest BCUT2D eigenvalue weighted by Crippen LogP contribution is 2.27. The lowest BCUT2D eigenvalue weighted by Gasteiger charge is -2.07. The standard InChI is InChI=1S/C10H15NS/c1-3-8-6-5-7-9(10(8)11)12-4-2/h5-7H,3-4,11H2,1-2H3. The summed E-state index contributed by atoms with van der Waals surface area (Å²) < 4.78 is 0. The molecule has 0 aliphatic carbocycles. The van der Waals surface area contributed by atoms with Gasteiger partial charge in [0.25, 0.3) is 0 Å². The van der Waals surface area contributed by atoms with E-state index in [1.165, 1.54) is 10.5 Å². The number of rotatable bonds is 3. The third-order valence-electron chi connectivity index (χ3n) is 1.84. The first-order chi connectivity index (χ1) is 5.79. The molecule has 0 aliphatic rings. The maximum atomic E-state index is 5.96. The van der Waals surface area contributed by atoms with E-state index in [2.05, 4.69) is 32.0 Å². The summed E-state index contributed by atoms with van der Waals surface area (Å²) in [6, 6.07) is 6.25. The molecule has 0 atom stereocenters. The quantitative estimate of drug-likeness (QED) is 0.573. The van der Waals surface area contributed by atoms with Crippen LogP contribution < -0.4 is 5.73 Å². The largest absolute Gasteiger partial charge is 0.398 e. The zero-order valence-corrected chi connectivity index (χ0v) is 8.45. The Bertz CT molecular complexity index is 258. The number of hydrogen-bond acceptors (Lipinski definition) is 2. The van der Waals surface area contributed by atoms with Crippen molar-refractivity contribution >= 4 is 17.4 Å². The third-order valence-corrected chi connectivity index (χ3v) is 2.79. The van der Waals surface area contributed by atoms with Gasteiger partial charge in [-0.3, -0.25) is 0 Å². The van der Waals surface area contributed by atoms with Crippen LogP contribution in [0.5, 0.6) is 0 Å². The fraction of sp³-hybridized carbons (Fsp3) is 0.400. The van der Waals surface area contributed by atoms with Gasteiger partial charge < -0.3 is 5.73 Å². The van der Waals surface area contributed by atoms with E-state index in [9.17, 15) is 0 Å². The molecule has 0 amide bonds. The van der Waals surface area contributed by atoms with E-state index in [0.717, 1.165) is 17.9 Å².